The van der Waals surface area contributed by atoms with Crippen molar-refractivity contribution in [2.24, 2.45) is 5.73 Å². The molecule has 5 heteroatoms. The van der Waals surface area contributed by atoms with E-state index in [4.69, 9.17) is 5.73 Å². The first kappa shape index (κ1) is 9.86. The van der Waals surface area contributed by atoms with E-state index in [1.807, 2.05) is 0 Å². The van der Waals surface area contributed by atoms with Crippen molar-refractivity contribution >= 4 is 17.2 Å². The van der Waals surface area contributed by atoms with Gasteiger partial charge in [-0.2, -0.15) is 16.4 Å². The van der Waals surface area contributed by atoms with Crippen LogP contribution in [0.4, 0.5) is 5.82 Å². The number of nitrogens with one attached hydrogen (secondary N) is 1. The molecule has 1 aliphatic rings. The molecule has 3 N–H and O–H groups in total. The minimum atomic E-state index is 0.293. The number of hydrogen-bond acceptors (Lipinski definition) is 4. The van der Waals surface area contributed by atoms with Crippen molar-refractivity contribution in [3.8, 4) is 11.3 Å². The number of H-pyrrole nitrogens is 1. The van der Waals surface area contributed by atoms with Gasteiger partial charge in [0.05, 0.1) is 5.69 Å². The highest BCUT2D eigenvalue weighted by Gasteiger charge is 2.21. The summed E-state index contributed by atoms with van der Waals surface area (Å²) in [5.41, 5.74) is 8.17. The van der Waals surface area contributed by atoms with Crippen LogP contribution in [0.5, 0.6) is 0 Å². The Morgan fingerprint density at radius 2 is 2.50 bits per heavy atom. The second kappa shape index (κ2) is 3.92. The average molecular weight is 234 g/mol. The Morgan fingerprint density at radius 3 is 3.19 bits per heavy atom. The fourth-order valence-electron chi connectivity index (χ4n) is 2.03. The number of nitrogens with two attached hydrogens (primary N) is 1. The van der Waals surface area contributed by atoms with Crippen LogP contribution in [-0.4, -0.2) is 29.3 Å². The highest BCUT2D eigenvalue weighted by atomic mass is 32.1. The minimum Gasteiger partial charge on any atom is -0.354 e. The zero-order valence-electron chi connectivity index (χ0n) is 8.89. The van der Waals surface area contributed by atoms with Gasteiger partial charge in [-0.25, -0.2) is 0 Å². The lowest BCUT2D eigenvalue weighted by atomic mass is 10.2. The molecule has 3 heterocycles. The Morgan fingerprint density at radius 1 is 1.56 bits per heavy atom. The number of nitrogens with zero attached hydrogens (tertiary/aromatic N) is 2. The number of rotatable bonds is 2. The van der Waals surface area contributed by atoms with E-state index in [9.17, 15) is 0 Å². The molecule has 2 aromatic heterocycles. The number of anilines is 1. The van der Waals surface area contributed by atoms with Gasteiger partial charge in [-0.05, 0) is 17.9 Å². The van der Waals surface area contributed by atoms with Crippen LogP contribution in [0.1, 0.15) is 6.42 Å². The third kappa shape index (κ3) is 1.72. The monoisotopic (exact) mass is 234 g/mol. The normalized spacial score (nSPS) is 20.6. The molecule has 84 valence electrons. The second-order valence-electron chi connectivity index (χ2n) is 4.15. The van der Waals surface area contributed by atoms with Crippen molar-refractivity contribution in [1.29, 1.82) is 0 Å². The van der Waals surface area contributed by atoms with Crippen LogP contribution in [-0.2, 0) is 0 Å². The van der Waals surface area contributed by atoms with Gasteiger partial charge in [0.25, 0.3) is 0 Å². The van der Waals surface area contributed by atoms with E-state index in [2.05, 4.69) is 38.0 Å². The molecule has 1 atom stereocenters. The third-order valence-electron chi connectivity index (χ3n) is 2.95. The molecule has 16 heavy (non-hydrogen) atoms. The van der Waals surface area contributed by atoms with Crippen LogP contribution in [0.2, 0.25) is 0 Å². The molecular formula is C11H14N4S. The van der Waals surface area contributed by atoms with Gasteiger partial charge in [-0.3, -0.25) is 5.10 Å². The predicted molar refractivity (Wildman–Crippen MR) is 66.7 cm³/mol. The van der Waals surface area contributed by atoms with Gasteiger partial charge in [-0.1, -0.05) is 0 Å². The molecule has 0 saturated carbocycles. The first-order valence-electron chi connectivity index (χ1n) is 5.41. The number of aromatic amines is 1. The van der Waals surface area contributed by atoms with Gasteiger partial charge in [0.2, 0.25) is 0 Å². The van der Waals surface area contributed by atoms with E-state index >= 15 is 0 Å². The number of hydrogen-bond donors (Lipinski definition) is 2. The topological polar surface area (TPSA) is 57.9 Å². The number of aromatic nitrogens is 2. The summed E-state index contributed by atoms with van der Waals surface area (Å²) in [6.45, 7) is 1.92. The molecule has 2 aromatic rings. The molecule has 1 fully saturated rings. The van der Waals surface area contributed by atoms with Crippen molar-refractivity contribution in [2.45, 2.75) is 12.5 Å². The smallest absolute Gasteiger partial charge is 0.151 e. The molecule has 0 amide bonds. The fourth-order valence-corrected chi connectivity index (χ4v) is 2.69. The van der Waals surface area contributed by atoms with E-state index in [-0.39, 0.29) is 0 Å². The van der Waals surface area contributed by atoms with E-state index in [0.29, 0.717) is 6.04 Å². The molecule has 0 unspecified atom stereocenters. The lowest BCUT2D eigenvalue weighted by Crippen LogP contribution is -2.26. The molecule has 0 spiro atoms. The Balaban J connectivity index is 1.83. The van der Waals surface area contributed by atoms with E-state index in [1.165, 1.54) is 5.56 Å². The SMILES string of the molecule is N[C@H]1CCN(c2cc(-c3ccsc3)[nH]n2)C1. The Labute approximate surface area is 98.1 Å². The lowest BCUT2D eigenvalue weighted by Gasteiger charge is -2.13. The largest absolute Gasteiger partial charge is 0.354 e. The van der Waals surface area contributed by atoms with Crippen molar-refractivity contribution in [2.75, 3.05) is 18.0 Å². The molecule has 1 saturated heterocycles. The predicted octanol–water partition coefficient (Wildman–Crippen LogP) is 1.68. The summed E-state index contributed by atoms with van der Waals surface area (Å²) in [5.74, 6) is 1.01. The first-order chi connectivity index (χ1) is 7.83. The zero-order valence-corrected chi connectivity index (χ0v) is 9.70. The second-order valence-corrected chi connectivity index (χ2v) is 4.93. The Hall–Kier alpha value is -1.33. The van der Waals surface area contributed by atoms with Crippen molar-refractivity contribution in [1.82, 2.24) is 10.2 Å². The maximum absolute atomic E-state index is 5.89. The highest BCUT2D eigenvalue weighted by Crippen LogP contribution is 2.25. The van der Waals surface area contributed by atoms with E-state index in [0.717, 1.165) is 31.0 Å². The van der Waals surface area contributed by atoms with Gasteiger partial charge < -0.3 is 10.6 Å². The van der Waals surface area contributed by atoms with Gasteiger partial charge in [0.15, 0.2) is 5.82 Å². The molecule has 0 aromatic carbocycles. The van der Waals surface area contributed by atoms with Crippen LogP contribution in [0, 0.1) is 0 Å². The standard InChI is InChI=1S/C11H14N4S/c12-9-1-3-15(6-9)11-5-10(13-14-11)8-2-4-16-7-8/h2,4-5,7,9H,1,3,6,12H2,(H,13,14)/t9-/m0/s1. The van der Waals surface area contributed by atoms with Crippen LogP contribution in [0.25, 0.3) is 11.3 Å². The quantitative estimate of drug-likeness (QED) is 0.831. The van der Waals surface area contributed by atoms with Gasteiger partial charge in [-0.15, -0.1) is 0 Å². The summed E-state index contributed by atoms with van der Waals surface area (Å²) in [7, 11) is 0. The maximum atomic E-state index is 5.89. The summed E-state index contributed by atoms with van der Waals surface area (Å²) < 4.78 is 0. The number of thiophene rings is 1. The molecule has 3 rings (SSSR count). The van der Waals surface area contributed by atoms with Crippen LogP contribution in [0.3, 0.4) is 0 Å². The fraction of sp³-hybridized carbons (Fsp3) is 0.364. The minimum absolute atomic E-state index is 0.293. The Bertz CT molecular complexity index is 462. The van der Waals surface area contributed by atoms with E-state index in [1.54, 1.807) is 11.3 Å². The van der Waals surface area contributed by atoms with Gasteiger partial charge in [0.1, 0.15) is 0 Å². The average Bonchev–Trinajstić information content (AvgIpc) is 2.97. The van der Waals surface area contributed by atoms with Gasteiger partial charge >= 0.3 is 0 Å². The lowest BCUT2D eigenvalue weighted by molar-refractivity contribution is 0.751. The highest BCUT2D eigenvalue weighted by molar-refractivity contribution is 7.08. The van der Waals surface area contributed by atoms with Crippen molar-refractivity contribution < 1.29 is 0 Å². The van der Waals surface area contributed by atoms with Crippen LogP contribution in [0.15, 0.2) is 22.9 Å². The summed E-state index contributed by atoms with van der Waals surface area (Å²) in [5, 5.41) is 11.6. The summed E-state index contributed by atoms with van der Waals surface area (Å²) in [6.07, 6.45) is 1.06. The molecule has 4 nitrogen and oxygen atoms in total. The van der Waals surface area contributed by atoms with Gasteiger partial charge in [0, 0.05) is 36.1 Å². The summed E-state index contributed by atoms with van der Waals surface area (Å²) >= 11 is 1.69. The van der Waals surface area contributed by atoms with Crippen molar-refractivity contribution in [3.05, 3.63) is 22.9 Å². The molecule has 1 aliphatic heterocycles. The maximum Gasteiger partial charge on any atom is 0.151 e. The zero-order chi connectivity index (χ0) is 11.0. The summed E-state index contributed by atoms with van der Waals surface area (Å²) in [6, 6.07) is 4.49. The Kier molecular flexibility index (Phi) is 2.41. The summed E-state index contributed by atoms with van der Waals surface area (Å²) in [4.78, 5) is 2.23. The molecule has 0 aliphatic carbocycles. The molecule has 0 radical (unpaired) electrons. The first-order valence-corrected chi connectivity index (χ1v) is 6.36. The van der Waals surface area contributed by atoms with E-state index < -0.39 is 0 Å². The van der Waals surface area contributed by atoms with Crippen molar-refractivity contribution in [3.63, 3.8) is 0 Å². The molecular weight excluding hydrogens is 220 g/mol. The third-order valence-corrected chi connectivity index (χ3v) is 3.63. The molecule has 0 bridgehead atoms. The van der Waals surface area contributed by atoms with Crippen LogP contribution >= 0.6 is 11.3 Å². The van der Waals surface area contributed by atoms with Crippen LogP contribution < -0.4 is 10.6 Å².